The molecule has 0 saturated heterocycles. The van der Waals surface area contributed by atoms with Crippen LogP contribution in [-0.2, 0) is 0 Å². The van der Waals surface area contributed by atoms with E-state index in [4.69, 9.17) is 5.73 Å². The summed E-state index contributed by atoms with van der Waals surface area (Å²) in [7, 11) is 0. The Morgan fingerprint density at radius 1 is 2.00 bits per heavy atom. The van der Waals surface area contributed by atoms with Crippen LogP contribution in [0.25, 0.3) is 0 Å². The molecule has 1 atom stereocenters. The van der Waals surface area contributed by atoms with Crippen molar-refractivity contribution in [2.75, 3.05) is 6.54 Å². The van der Waals surface area contributed by atoms with Crippen molar-refractivity contribution < 1.29 is 0 Å². The normalized spacial score (nSPS) is 26.6. The molecular formula is C5H10N2. The van der Waals surface area contributed by atoms with Gasteiger partial charge in [-0.15, -0.1) is 0 Å². The fraction of sp³-hybridized carbons (Fsp3) is 0.600. The number of hydrogen-bond donors (Lipinski definition) is 2. The molecule has 0 aliphatic heterocycles. The second kappa shape index (κ2) is 1.54. The highest BCUT2D eigenvalue weighted by Gasteiger charge is 2.17. The minimum Gasteiger partial charge on any atom is -0.387 e. The lowest BCUT2D eigenvalue weighted by Gasteiger charge is -1.92. The molecule has 0 amide bonds. The number of nitrogens with one attached hydrogen (secondary N) is 1. The lowest BCUT2D eigenvalue weighted by atomic mass is 10.6. The highest BCUT2D eigenvalue weighted by molar-refractivity contribution is 5.31. The molecule has 0 radical (unpaired) electrons. The SMILES string of the molecule is CCNC1=CC1N. The molecule has 7 heavy (non-hydrogen) atoms. The van der Waals surface area contributed by atoms with Crippen molar-refractivity contribution >= 4 is 0 Å². The van der Waals surface area contributed by atoms with E-state index in [0.717, 1.165) is 6.54 Å². The highest BCUT2D eigenvalue weighted by atomic mass is 15.0. The number of hydrogen-bond acceptors (Lipinski definition) is 2. The maximum atomic E-state index is 5.40. The van der Waals surface area contributed by atoms with E-state index in [-0.39, 0.29) is 6.04 Å². The number of nitrogens with two attached hydrogens (primary N) is 1. The van der Waals surface area contributed by atoms with Crippen LogP contribution in [-0.4, -0.2) is 12.6 Å². The van der Waals surface area contributed by atoms with E-state index in [0.29, 0.717) is 0 Å². The predicted octanol–water partition coefficient (Wildman–Crippen LogP) is -0.179. The molecule has 0 heterocycles. The smallest absolute Gasteiger partial charge is 0.0648 e. The second-order valence-corrected chi connectivity index (χ2v) is 1.68. The van der Waals surface area contributed by atoms with Crippen molar-refractivity contribution in [1.82, 2.24) is 5.32 Å². The van der Waals surface area contributed by atoms with Gasteiger partial charge in [0.25, 0.3) is 0 Å². The van der Waals surface area contributed by atoms with Gasteiger partial charge in [0.2, 0.25) is 0 Å². The van der Waals surface area contributed by atoms with Crippen LogP contribution < -0.4 is 11.1 Å². The molecule has 1 aliphatic carbocycles. The number of rotatable bonds is 2. The summed E-state index contributed by atoms with van der Waals surface area (Å²) in [5.74, 6) is 0. The van der Waals surface area contributed by atoms with Crippen LogP contribution in [0.2, 0.25) is 0 Å². The van der Waals surface area contributed by atoms with E-state index >= 15 is 0 Å². The van der Waals surface area contributed by atoms with E-state index in [1.54, 1.807) is 0 Å². The molecule has 0 fully saturated rings. The average molecular weight is 98.1 g/mol. The molecule has 0 aromatic rings. The summed E-state index contributed by atoms with van der Waals surface area (Å²) in [6, 6.07) is 0.250. The Labute approximate surface area is 43.4 Å². The van der Waals surface area contributed by atoms with Crippen molar-refractivity contribution in [3.63, 3.8) is 0 Å². The summed E-state index contributed by atoms with van der Waals surface area (Å²) < 4.78 is 0. The molecule has 1 rings (SSSR count). The molecule has 0 bridgehead atoms. The first-order chi connectivity index (χ1) is 3.34. The van der Waals surface area contributed by atoms with Crippen molar-refractivity contribution in [1.29, 1.82) is 0 Å². The van der Waals surface area contributed by atoms with Crippen molar-refractivity contribution in [2.24, 2.45) is 5.73 Å². The zero-order valence-electron chi connectivity index (χ0n) is 4.44. The van der Waals surface area contributed by atoms with Crippen molar-refractivity contribution in [3.05, 3.63) is 11.8 Å². The first kappa shape index (κ1) is 4.65. The van der Waals surface area contributed by atoms with Crippen molar-refractivity contribution in [3.8, 4) is 0 Å². The third kappa shape index (κ3) is 0.933. The monoisotopic (exact) mass is 98.1 g/mol. The summed E-state index contributed by atoms with van der Waals surface area (Å²) in [6.45, 7) is 3.05. The zero-order chi connectivity index (χ0) is 5.28. The molecule has 0 saturated carbocycles. The van der Waals surface area contributed by atoms with E-state index in [9.17, 15) is 0 Å². The van der Waals surface area contributed by atoms with Crippen molar-refractivity contribution in [2.45, 2.75) is 13.0 Å². The Morgan fingerprint density at radius 2 is 2.57 bits per heavy atom. The van der Waals surface area contributed by atoms with Gasteiger partial charge in [0.1, 0.15) is 0 Å². The van der Waals surface area contributed by atoms with Gasteiger partial charge in [0.15, 0.2) is 0 Å². The van der Waals surface area contributed by atoms with Gasteiger partial charge in [0.05, 0.1) is 6.04 Å². The first-order valence-electron chi connectivity index (χ1n) is 2.55. The fourth-order valence-electron chi connectivity index (χ4n) is 0.526. The lowest BCUT2D eigenvalue weighted by Crippen LogP contribution is -2.14. The van der Waals surface area contributed by atoms with Gasteiger partial charge in [-0.2, -0.15) is 0 Å². The second-order valence-electron chi connectivity index (χ2n) is 1.68. The van der Waals surface area contributed by atoms with Gasteiger partial charge >= 0.3 is 0 Å². The number of likely N-dealkylation sites (N-methyl/N-ethyl adjacent to an activating group) is 1. The Morgan fingerprint density at radius 3 is 2.71 bits per heavy atom. The molecule has 0 spiro atoms. The standard InChI is InChI=1S/C5H10N2/c1-2-7-5-3-4(5)6/h3-4,7H,2,6H2,1H3. The predicted molar refractivity (Wildman–Crippen MR) is 29.7 cm³/mol. The third-order valence-electron chi connectivity index (χ3n) is 0.990. The Kier molecular flexibility index (Phi) is 1.02. The van der Waals surface area contributed by atoms with Gasteiger partial charge in [-0.25, -0.2) is 0 Å². The molecule has 1 aliphatic rings. The molecular weight excluding hydrogens is 88.1 g/mol. The third-order valence-corrected chi connectivity index (χ3v) is 0.990. The Bertz CT molecular complexity index is 96.3. The zero-order valence-corrected chi connectivity index (χ0v) is 4.44. The molecule has 2 nitrogen and oxygen atoms in total. The molecule has 3 N–H and O–H groups in total. The van der Waals surface area contributed by atoms with E-state index < -0.39 is 0 Å². The topological polar surface area (TPSA) is 38.0 Å². The summed E-state index contributed by atoms with van der Waals surface area (Å²) in [6.07, 6.45) is 2.00. The fourth-order valence-corrected chi connectivity index (χ4v) is 0.526. The maximum absolute atomic E-state index is 5.40. The molecule has 40 valence electrons. The van der Waals surface area contributed by atoms with E-state index in [2.05, 4.69) is 12.2 Å². The van der Waals surface area contributed by atoms with E-state index in [1.807, 2.05) is 6.08 Å². The van der Waals surface area contributed by atoms with Gasteiger partial charge in [0, 0.05) is 12.2 Å². The minimum absolute atomic E-state index is 0.250. The minimum atomic E-state index is 0.250. The highest BCUT2D eigenvalue weighted by Crippen LogP contribution is 2.11. The van der Waals surface area contributed by atoms with Crippen LogP contribution >= 0.6 is 0 Å². The van der Waals surface area contributed by atoms with Gasteiger partial charge < -0.3 is 11.1 Å². The molecule has 0 aromatic carbocycles. The van der Waals surface area contributed by atoms with Crippen LogP contribution in [0, 0.1) is 0 Å². The van der Waals surface area contributed by atoms with Crippen LogP contribution in [0.4, 0.5) is 0 Å². The Hall–Kier alpha value is -0.500. The van der Waals surface area contributed by atoms with Gasteiger partial charge in [-0.05, 0) is 13.0 Å². The summed E-state index contributed by atoms with van der Waals surface area (Å²) in [5.41, 5.74) is 6.59. The van der Waals surface area contributed by atoms with E-state index in [1.165, 1.54) is 5.70 Å². The molecule has 1 unspecified atom stereocenters. The maximum Gasteiger partial charge on any atom is 0.0648 e. The summed E-state index contributed by atoms with van der Waals surface area (Å²) in [5, 5.41) is 3.11. The quantitative estimate of drug-likeness (QED) is 0.503. The largest absolute Gasteiger partial charge is 0.387 e. The van der Waals surface area contributed by atoms with Crippen LogP contribution in [0.5, 0.6) is 0 Å². The van der Waals surface area contributed by atoms with Crippen LogP contribution in [0.15, 0.2) is 11.8 Å². The van der Waals surface area contributed by atoms with Gasteiger partial charge in [-0.3, -0.25) is 0 Å². The average Bonchev–Trinajstić information content (AvgIpc) is 2.22. The summed E-state index contributed by atoms with van der Waals surface area (Å²) >= 11 is 0. The van der Waals surface area contributed by atoms with Gasteiger partial charge in [-0.1, -0.05) is 0 Å². The molecule has 0 aromatic heterocycles. The summed E-state index contributed by atoms with van der Waals surface area (Å²) in [4.78, 5) is 0. The Balaban J connectivity index is 2.09. The first-order valence-corrected chi connectivity index (χ1v) is 2.55. The lowest BCUT2D eigenvalue weighted by molar-refractivity contribution is 0.849. The molecule has 2 heteroatoms. The van der Waals surface area contributed by atoms with Crippen LogP contribution in [0.3, 0.4) is 0 Å². The van der Waals surface area contributed by atoms with Crippen LogP contribution in [0.1, 0.15) is 6.92 Å².